The monoisotopic (exact) mass is 386 g/mol. The molecule has 5 nitrogen and oxygen atoms in total. The van der Waals surface area contributed by atoms with Gasteiger partial charge in [-0.15, -0.1) is 0 Å². The molecule has 1 heterocycles. The summed E-state index contributed by atoms with van der Waals surface area (Å²) in [7, 11) is 0. The predicted molar refractivity (Wildman–Crippen MR) is 115 cm³/mol. The Kier molecular flexibility index (Phi) is 10.2. The van der Waals surface area contributed by atoms with Crippen molar-refractivity contribution in [2.45, 2.75) is 32.9 Å². The van der Waals surface area contributed by atoms with Gasteiger partial charge in [-0.3, -0.25) is 0 Å². The normalized spacial score (nSPS) is 11.3. The minimum absolute atomic E-state index is 0.515. The first kappa shape index (κ1) is 21.1. The van der Waals surface area contributed by atoms with Gasteiger partial charge in [0.05, 0.1) is 6.54 Å². The zero-order valence-electron chi connectivity index (χ0n) is 16.3. The van der Waals surface area contributed by atoms with Crippen LogP contribution in [0.1, 0.15) is 30.9 Å². The minimum Gasteiger partial charge on any atom is -0.473 e. The van der Waals surface area contributed by atoms with Gasteiger partial charge in [0.15, 0.2) is 5.96 Å². The van der Waals surface area contributed by atoms with Crippen LogP contribution in [-0.2, 0) is 13.2 Å². The van der Waals surface area contributed by atoms with Gasteiger partial charge in [0, 0.05) is 25.4 Å². The van der Waals surface area contributed by atoms with Crippen LogP contribution in [0.3, 0.4) is 0 Å². The number of aliphatic imine (C=N–C) groups is 1. The molecule has 0 saturated heterocycles. The van der Waals surface area contributed by atoms with Crippen molar-refractivity contribution in [1.29, 1.82) is 0 Å². The standard InChI is InChI=1S/C21H30N4OS/c1-3-22-21(24-12-7-8-14-27-2)25-16-19-11-13-23-20(15-19)26-17-18-9-5-4-6-10-18/h4-6,9-11,13,15H,3,7-8,12,14,16-17H2,1-2H3,(H2,22,24,25). The molecular weight excluding hydrogens is 356 g/mol. The number of unbranched alkanes of at least 4 members (excludes halogenated alkanes) is 1. The van der Waals surface area contributed by atoms with E-state index in [1.165, 1.54) is 12.2 Å². The highest BCUT2D eigenvalue weighted by atomic mass is 32.2. The van der Waals surface area contributed by atoms with E-state index in [4.69, 9.17) is 4.74 Å². The van der Waals surface area contributed by atoms with Gasteiger partial charge in [0.25, 0.3) is 0 Å². The molecular formula is C21H30N4OS. The number of pyridine rings is 1. The fourth-order valence-electron chi connectivity index (χ4n) is 2.45. The van der Waals surface area contributed by atoms with Crippen molar-refractivity contribution in [3.05, 3.63) is 59.8 Å². The van der Waals surface area contributed by atoms with E-state index in [9.17, 15) is 0 Å². The number of nitrogens with one attached hydrogen (secondary N) is 2. The molecule has 6 heteroatoms. The van der Waals surface area contributed by atoms with Crippen LogP contribution < -0.4 is 15.4 Å². The Bertz CT molecular complexity index is 679. The lowest BCUT2D eigenvalue weighted by Gasteiger charge is -2.11. The summed E-state index contributed by atoms with van der Waals surface area (Å²) in [5, 5.41) is 6.69. The fourth-order valence-corrected chi connectivity index (χ4v) is 2.94. The van der Waals surface area contributed by atoms with Gasteiger partial charge in [-0.05, 0) is 49.0 Å². The smallest absolute Gasteiger partial charge is 0.213 e. The number of aromatic nitrogens is 1. The highest BCUT2D eigenvalue weighted by Gasteiger charge is 2.01. The summed E-state index contributed by atoms with van der Waals surface area (Å²) in [5.74, 6) is 2.68. The third kappa shape index (κ3) is 8.82. The van der Waals surface area contributed by atoms with Crippen LogP contribution in [-0.4, -0.2) is 36.0 Å². The third-order valence-electron chi connectivity index (χ3n) is 3.86. The molecule has 0 bridgehead atoms. The van der Waals surface area contributed by atoms with E-state index >= 15 is 0 Å². The molecule has 146 valence electrons. The van der Waals surface area contributed by atoms with Crippen molar-refractivity contribution >= 4 is 17.7 Å². The van der Waals surface area contributed by atoms with E-state index in [1.54, 1.807) is 6.20 Å². The summed E-state index contributed by atoms with van der Waals surface area (Å²) in [6, 6.07) is 14.0. The molecule has 0 atom stereocenters. The maximum atomic E-state index is 5.80. The SMILES string of the molecule is CCNC(=NCc1ccnc(OCc2ccccc2)c1)NCCCCSC. The third-order valence-corrected chi connectivity index (χ3v) is 4.56. The Morgan fingerprint density at radius 2 is 1.96 bits per heavy atom. The maximum absolute atomic E-state index is 5.80. The number of ether oxygens (including phenoxy) is 1. The lowest BCUT2D eigenvalue weighted by atomic mass is 10.2. The molecule has 1 aromatic heterocycles. The molecule has 0 aliphatic carbocycles. The topological polar surface area (TPSA) is 58.5 Å². The Morgan fingerprint density at radius 3 is 2.74 bits per heavy atom. The van der Waals surface area contributed by atoms with Crippen LogP contribution in [0.15, 0.2) is 53.7 Å². The van der Waals surface area contributed by atoms with Gasteiger partial charge in [-0.1, -0.05) is 30.3 Å². The second kappa shape index (κ2) is 13.0. The van der Waals surface area contributed by atoms with Crippen LogP contribution in [0.25, 0.3) is 0 Å². The van der Waals surface area contributed by atoms with Crippen molar-refractivity contribution in [2.24, 2.45) is 4.99 Å². The highest BCUT2D eigenvalue weighted by molar-refractivity contribution is 7.98. The summed E-state index contributed by atoms with van der Waals surface area (Å²) in [6.07, 6.45) is 6.29. The molecule has 2 N–H and O–H groups in total. The van der Waals surface area contributed by atoms with Crippen LogP contribution in [0, 0.1) is 0 Å². The van der Waals surface area contributed by atoms with Crippen molar-refractivity contribution in [2.75, 3.05) is 25.1 Å². The first-order chi connectivity index (χ1) is 13.3. The number of hydrogen-bond acceptors (Lipinski definition) is 4. The molecule has 0 saturated carbocycles. The predicted octanol–water partition coefficient (Wildman–Crippen LogP) is 3.86. The number of nitrogens with zero attached hydrogens (tertiary/aromatic N) is 2. The first-order valence-electron chi connectivity index (χ1n) is 9.44. The number of thioether (sulfide) groups is 1. The Morgan fingerprint density at radius 1 is 1.11 bits per heavy atom. The number of rotatable bonds is 11. The van der Waals surface area contributed by atoms with Crippen LogP contribution >= 0.6 is 11.8 Å². The van der Waals surface area contributed by atoms with E-state index < -0.39 is 0 Å². The summed E-state index contributed by atoms with van der Waals surface area (Å²) >= 11 is 1.89. The van der Waals surface area contributed by atoms with Crippen LogP contribution in [0.4, 0.5) is 0 Å². The molecule has 2 rings (SSSR count). The summed E-state index contributed by atoms with van der Waals surface area (Å²) < 4.78 is 5.80. The molecule has 0 unspecified atom stereocenters. The molecule has 1 aromatic carbocycles. The van der Waals surface area contributed by atoms with Gasteiger partial charge >= 0.3 is 0 Å². The summed E-state index contributed by atoms with van der Waals surface area (Å²) in [6.45, 7) is 4.96. The molecule has 0 fully saturated rings. The van der Waals surface area contributed by atoms with Crippen molar-refractivity contribution in [1.82, 2.24) is 15.6 Å². The van der Waals surface area contributed by atoms with E-state index in [0.29, 0.717) is 19.0 Å². The molecule has 27 heavy (non-hydrogen) atoms. The molecule has 0 aliphatic rings. The largest absolute Gasteiger partial charge is 0.473 e. The van der Waals surface area contributed by atoms with E-state index in [-0.39, 0.29) is 0 Å². The lowest BCUT2D eigenvalue weighted by molar-refractivity contribution is 0.293. The van der Waals surface area contributed by atoms with Crippen molar-refractivity contribution in [3.8, 4) is 5.88 Å². The number of hydrogen-bond donors (Lipinski definition) is 2. The fraction of sp³-hybridized carbons (Fsp3) is 0.429. The Labute approximate surface area is 167 Å². The molecule has 0 radical (unpaired) electrons. The Balaban J connectivity index is 1.85. The molecule has 0 amide bonds. The van der Waals surface area contributed by atoms with Crippen LogP contribution in [0.5, 0.6) is 5.88 Å². The Hall–Kier alpha value is -2.21. The second-order valence-electron chi connectivity index (χ2n) is 6.10. The summed E-state index contributed by atoms with van der Waals surface area (Å²) in [5.41, 5.74) is 2.20. The average Bonchev–Trinajstić information content (AvgIpc) is 2.71. The minimum atomic E-state index is 0.515. The zero-order valence-corrected chi connectivity index (χ0v) is 17.1. The highest BCUT2D eigenvalue weighted by Crippen LogP contribution is 2.12. The van der Waals surface area contributed by atoms with Crippen molar-refractivity contribution < 1.29 is 4.74 Å². The molecule has 2 aromatic rings. The molecule has 0 aliphatic heterocycles. The average molecular weight is 387 g/mol. The first-order valence-corrected chi connectivity index (χ1v) is 10.8. The van der Waals surface area contributed by atoms with Gasteiger partial charge in [0.1, 0.15) is 6.61 Å². The van der Waals surface area contributed by atoms with E-state index in [0.717, 1.165) is 36.6 Å². The molecule has 0 spiro atoms. The van der Waals surface area contributed by atoms with Gasteiger partial charge in [-0.2, -0.15) is 11.8 Å². The van der Waals surface area contributed by atoms with Crippen LogP contribution in [0.2, 0.25) is 0 Å². The van der Waals surface area contributed by atoms with Gasteiger partial charge < -0.3 is 15.4 Å². The summed E-state index contributed by atoms with van der Waals surface area (Å²) in [4.78, 5) is 8.96. The maximum Gasteiger partial charge on any atom is 0.213 e. The van der Waals surface area contributed by atoms with Gasteiger partial charge in [-0.25, -0.2) is 9.98 Å². The zero-order chi connectivity index (χ0) is 19.2. The van der Waals surface area contributed by atoms with Gasteiger partial charge in [0.2, 0.25) is 5.88 Å². The number of guanidine groups is 1. The van der Waals surface area contributed by atoms with E-state index in [1.807, 2.05) is 54.2 Å². The van der Waals surface area contributed by atoms with E-state index in [2.05, 4.69) is 33.8 Å². The quantitative estimate of drug-likeness (QED) is 0.349. The lowest BCUT2D eigenvalue weighted by Crippen LogP contribution is -2.37. The number of benzene rings is 1. The van der Waals surface area contributed by atoms with Crippen molar-refractivity contribution in [3.63, 3.8) is 0 Å². The second-order valence-corrected chi connectivity index (χ2v) is 7.08.